The maximum atomic E-state index is 12.8. The average molecular weight is 444 g/mol. The molecule has 1 N–H and O–H groups in total. The van der Waals surface area contributed by atoms with E-state index in [-0.39, 0.29) is 18.1 Å². The highest BCUT2D eigenvalue weighted by Gasteiger charge is 2.26. The number of aromatic nitrogens is 1. The molecule has 1 aliphatic heterocycles. The highest BCUT2D eigenvalue weighted by atomic mass is 32.1. The molecule has 0 saturated carbocycles. The Balaban J connectivity index is 1.62. The van der Waals surface area contributed by atoms with E-state index in [0.29, 0.717) is 31.7 Å². The lowest BCUT2D eigenvalue weighted by atomic mass is 10.1. The van der Waals surface area contributed by atoms with Gasteiger partial charge >= 0.3 is 0 Å². The second-order valence-corrected chi connectivity index (χ2v) is 9.11. The Kier molecular flexibility index (Phi) is 8.03. The van der Waals surface area contributed by atoms with Gasteiger partial charge in [-0.2, -0.15) is 0 Å². The number of carbonyl (C=O) groups is 1. The van der Waals surface area contributed by atoms with Crippen LogP contribution in [0.2, 0.25) is 0 Å². The van der Waals surface area contributed by atoms with Gasteiger partial charge in [-0.15, -0.1) is 11.3 Å². The lowest BCUT2D eigenvalue weighted by Gasteiger charge is -2.35. The summed E-state index contributed by atoms with van der Waals surface area (Å²) in [6.45, 7) is 11.4. The van der Waals surface area contributed by atoms with Crippen LogP contribution in [-0.2, 0) is 17.8 Å². The Morgan fingerprint density at radius 1 is 1.29 bits per heavy atom. The van der Waals surface area contributed by atoms with Gasteiger partial charge in [-0.25, -0.2) is 9.98 Å². The van der Waals surface area contributed by atoms with Crippen LogP contribution in [0.4, 0.5) is 0 Å². The molecular formula is C23H33N5O2S. The molecule has 0 bridgehead atoms. The van der Waals surface area contributed by atoms with E-state index in [0.717, 1.165) is 28.8 Å². The number of guanidine groups is 1. The van der Waals surface area contributed by atoms with Crippen LogP contribution in [0.1, 0.15) is 47.4 Å². The number of hydrogen-bond acceptors (Lipinski definition) is 5. The molecule has 2 atom stereocenters. The van der Waals surface area contributed by atoms with Crippen LogP contribution in [0.3, 0.4) is 0 Å². The fourth-order valence-corrected chi connectivity index (χ4v) is 4.32. The van der Waals surface area contributed by atoms with Crippen LogP contribution < -0.4 is 5.32 Å². The fourth-order valence-electron chi connectivity index (χ4n) is 3.71. The van der Waals surface area contributed by atoms with E-state index in [1.807, 2.05) is 57.0 Å². The van der Waals surface area contributed by atoms with Crippen LogP contribution >= 0.6 is 11.3 Å². The third-order valence-electron chi connectivity index (χ3n) is 5.08. The van der Waals surface area contributed by atoms with Crippen molar-refractivity contribution in [1.29, 1.82) is 0 Å². The number of rotatable bonds is 6. The summed E-state index contributed by atoms with van der Waals surface area (Å²) < 4.78 is 5.73. The van der Waals surface area contributed by atoms with Gasteiger partial charge in [0.1, 0.15) is 0 Å². The van der Waals surface area contributed by atoms with Gasteiger partial charge < -0.3 is 19.9 Å². The first-order valence-electron chi connectivity index (χ1n) is 10.8. The summed E-state index contributed by atoms with van der Waals surface area (Å²) in [5.41, 5.74) is 2.82. The zero-order valence-corrected chi connectivity index (χ0v) is 19.9. The van der Waals surface area contributed by atoms with Crippen LogP contribution in [-0.4, -0.2) is 65.5 Å². The van der Waals surface area contributed by atoms with Crippen LogP contribution in [0.5, 0.6) is 0 Å². The number of nitrogens with zero attached hydrogens (tertiary/aromatic N) is 4. The largest absolute Gasteiger partial charge is 0.372 e. The summed E-state index contributed by atoms with van der Waals surface area (Å²) in [5.74, 6) is 0.897. The van der Waals surface area contributed by atoms with Crippen molar-refractivity contribution in [3.05, 3.63) is 51.5 Å². The summed E-state index contributed by atoms with van der Waals surface area (Å²) in [5, 5.41) is 6.49. The van der Waals surface area contributed by atoms with Gasteiger partial charge in [0.25, 0.3) is 5.91 Å². The highest BCUT2D eigenvalue weighted by Crippen LogP contribution is 2.15. The first-order chi connectivity index (χ1) is 14.9. The molecule has 168 valence electrons. The maximum absolute atomic E-state index is 12.8. The fraction of sp³-hybridized carbons (Fsp3) is 0.522. The standard InChI is InChI=1S/C23H33N5O2S/c1-6-24-23(27(5)14-21-15-31-18(4)26-21)25-11-19-7-9-20(10-8-19)22(29)28-12-16(2)30-17(3)13-28/h7-10,15-17H,6,11-14H2,1-5H3,(H,24,25). The molecule has 1 aromatic carbocycles. The molecular weight excluding hydrogens is 410 g/mol. The Labute approximate surface area is 189 Å². The molecule has 0 spiro atoms. The SMILES string of the molecule is CCNC(=NCc1ccc(C(=O)N2CC(C)OC(C)C2)cc1)N(C)Cc1csc(C)n1. The zero-order valence-electron chi connectivity index (χ0n) is 19.1. The molecule has 2 unspecified atom stereocenters. The van der Waals surface area contributed by atoms with Crippen molar-refractivity contribution in [1.82, 2.24) is 20.1 Å². The Morgan fingerprint density at radius 2 is 1.97 bits per heavy atom. The summed E-state index contributed by atoms with van der Waals surface area (Å²) >= 11 is 1.66. The van der Waals surface area contributed by atoms with Crippen molar-refractivity contribution < 1.29 is 9.53 Å². The lowest BCUT2D eigenvalue weighted by Crippen LogP contribution is -2.48. The van der Waals surface area contributed by atoms with Gasteiger partial charge in [-0.1, -0.05) is 12.1 Å². The van der Waals surface area contributed by atoms with Crippen molar-refractivity contribution in [3.8, 4) is 0 Å². The number of carbonyl (C=O) groups excluding carboxylic acids is 1. The van der Waals surface area contributed by atoms with Gasteiger partial charge in [0.2, 0.25) is 0 Å². The van der Waals surface area contributed by atoms with E-state index in [9.17, 15) is 4.79 Å². The van der Waals surface area contributed by atoms with Crippen molar-refractivity contribution in [2.24, 2.45) is 4.99 Å². The van der Waals surface area contributed by atoms with Crippen molar-refractivity contribution >= 4 is 23.2 Å². The Hall–Kier alpha value is -2.45. The molecule has 8 heteroatoms. The normalized spacial score (nSPS) is 19.4. The minimum atomic E-state index is 0.0590. The summed E-state index contributed by atoms with van der Waals surface area (Å²) in [4.78, 5) is 26.1. The van der Waals surface area contributed by atoms with E-state index in [2.05, 4.69) is 27.5 Å². The van der Waals surface area contributed by atoms with E-state index >= 15 is 0 Å². The third-order valence-corrected chi connectivity index (χ3v) is 5.90. The van der Waals surface area contributed by atoms with Crippen molar-refractivity contribution in [3.63, 3.8) is 0 Å². The van der Waals surface area contributed by atoms with E-state index in [1.165, 1.54) is 0 Å². The predicted octanol–water partition coefficient (Wildman–Crippen LogP) is 3.30. The van der Waals surface area contributed by atoms with Gasteiger partial charge in [-0.05, 0) is 45.4 Å². The van der Waals surface area contributed by atoms with E-state index in [1.54, 1.807) is 11.3 Å². The van der Waals surface area contributed by atoms with Crippen LogP contribution in [0.25, 0.3) is 0 Å². The second-order valence-electron chi connectivity index (χ2n) is 8.05. The van der Waals surface area contributed by atoms with Gasteiger partial charge in [0, 0.05) is 37.6 Å². The minimum Gasteiger partial charge on any atom is -0.372 e. The molecule has 1 amide bonds. The molecule has 1 aromatic heterocycles. The number of aryl methyl sites for hydroxylation is 1. The quantitative estimate of drug-likeness (QED) is 0.548. The summed E-state index contributed by atoms with van der Waals surface area (Å²) in [7, 11) is 2.02. The Morgan fingerprint density at radius 3 is 2.55 bits per heavy atom. The predicted molar refractivity (Wildman–Crippen MR) is 125 cm³/mol. The topological polar surface area (TPSA) is 70.1 Å². The van der Waals surface area contributed by atoms with Gasteiger partial charge in [0.15, 0.2) is 5.96 Å². The molecule has 1 saturated heterocycles. The number of aliphatic imine (C=N–C) groups is 1. The van der Waals surface area contributed by atoms with Gasteiger partial charge in [0.05, 0.1) is 36.0 Å². The molecule has 3 rings (SSSR count). The highest BCUT2D eigenvalue weighted by molar-refractivity contribution is 7.09. The average Bonchev–Trinajstić information content (AvgIpc) is 3.14. The summed E-state index contributed by atoms with van der Waals surface area (Å²) in [6.07, 6.45) is 0.131. The zero-order chi connectivity index (χ0) is 22.4. The number of nitrogens with one attached hydrogen (secondary N) is 1. The van der Waals surface area contributed by atoms with E-state index in [4.69, 9.17) is 9.73 Å². The molecule has 2 heterocycles. The van der Waals surface area contributed by atoms with Crippen LogP contribution in [0, 0.1) is 6.92 Å². The minimum absolute atomic E-state index is 0.0590. The third kappa shape index (κ3) is 6.51. The number of hydrogen-bond donors (Lipinski definition) is 1. The number of amides is 1. The smallest absolute Gasteiger partial charge is 0.254 e. The number of morpholine rings is 1. The second kappa shape index (κ2) is 10.7. The molecule has 0 aliphatic carbocycles. The molecule has 31 heavy (non-hydrogen) atoms. The molecule has 0 radical (unpaired) electrons. The first-order valence-corrected chi connectivity index (χ1v) is 11.7. The molecule has 1 fully saturated rings. The number of benzene rings is 1. The van der Waals surface area contributed by atoms with Gasteiger partial charge in [-0.3, -0.25) is 4.79 Å². The van der Waals surface area contributed by atoms with Crippen molar-refractivity contribution in [2.75, 3.05) is 26.7 Å². The van der Waals surface area contributed by atoms with Crippen molar-refractivity contribution in [2.45, 2.75) is 53.0 Å². The van der Waals surface area contributed by atoms with E-state index < -0.39 is 0 Å². The van der Waals surface area contributed by atoms with Crippen LogP contribution in [0.15, 0.2) is 34.6 Å². The maximum Gasteiger partial charge on any atom is 0.254 e. The number of ether oxygens (including phenoxy) is 1. The Bertz CT molecular complexity index is 886. The monoisotopic (exact) mass is 443 g/mol. The molecule has 1 aliphatic rings. The molecule has 2 aromatic rings. The summed E-state index contributed by atoms with van der Waals surface area (Å²) in [6, 6.07) is 7.76. The lowest BCUT2D eigenvalue weighted by molar-refractivity contribution is -0.0586. The molecule has 7 nitrogen and oxygen atoms in total. The number of thiazole rings is 1. The first kappa shape index (κ1) is 23.2.